The lowest BCUT2D eigenvalue weighted by Crippen LogP contribution is -2.32. The Balaban J connectivity index is 2.14. The average molecular weight is 334 g/mol. The normalized spacial score (nSPS) is 17.6. The molecule has 0 aromatic heterocycles. The Morgan fingerprint density at radius 1 is 1.05 bits per heavy atom. The number of benzene rings is 1. The molecule has 0 heterocycles. The summed E-state index contributed by atoms with van der Waals surface area (Å²) in [5.41, 5.74) is -0.331. The molecule has 1 aromatic rings. The Labute approximate surface area is 124 Å². The summed E-state index contributed by atoms with van der Waals surface area (Å²) in [6, 6.07) is 4.95. The van der Waals surface area contributed by atoms with E-state index in [4.69, 9.17) is 5.11 Å². The van der Waals surface area contributed by atoms with Crippen molar-refractivity contribution in [3.63, 3.8) is 0 Å². The zero-order chi connectivity index (χ0) is 15.7. The molecule has 1 aliphatic rings. The van der Waals surface area contributed by atoms with Crippen LogP contribution >= 0.6 is 0 Å². The summed E-state index contributed by atoms with van der Waals surface area (Å²) >= 11 is 0. The average Bonchev–Trinajstić information content (AvgIpc) is 3.26. The molecule has 1 saturated carbocycles. The van der Waals surface area contributed by atoms with Crippen LogP contribution in [0.4, 0.5) is 0 Å². The van der Waals surface area contributed by atoms with E-state index < -0.39 is 20.0 Å². The van der Waals surface area contributed by atoms with Gasteiger partial charge in [0.1, 0.15) is 0 Å². The highest BCUT2D eigenvalue weighted by atomic mass is 32.2. The summed E-state index contributed by atoms with van der Waals surface area (Å²) in [6.07, 6.45) is 1.59. The first-order valence-corrected chi connectivity index (χ1v) is 9.35. The van der Waals surface area contributed by atoms with Gasteiger partial charge in [-0.2, -0.15) is 0 Å². The molecule has 21 heavy (non-hydrogen) atoms. The molecule has 0 radical (unpaired) electrons. The SMILES string of the molecule is CNS(=O)(=O)c1ccc(S(=O)(=O)NCC2(CO)CC2)cc1. The molecule has 0 atom stereocenters. The van der Waals surface area contributed by atoms with Crippen LogP contribution < -0.4 is 9.44 Å². The van der Waals surface area contributed by atoms with Crippen molar-refractivity contribution in [2.75, 3.05) is 20.2 Å². The van der Waals surface area contributed by atoms with Crippen molar-refractivity contribution in [2.24, 2.45) is 5.41 Å². The van der Waals surface area contributed by atoms with Crippen LogP contribution in [0.25, 0.3) is 0 Å². The van der Waals surface area contributed by atoms with Crippen molar-refractivity contribution in [3.05, 3.63) is 24.3 Å². The van der Waals surface area contributed by atoms with Gasteiger partial charge >= 0.3 is 0 Å². The van der Waals surface area contributed by atoms with Gasteiger partial charge in [-0.25, -0.2) is 26.3 Å². The van der Waals surface area contributed by atoms with Crippen LogP contribution in [-0.4, -0.2) is 42.1 Å². The fourth-order valence-corrected chi connectivity index (χ4v) is 3.70. The first-order valence-electron chi connectivity index (χ1n) is 6.39. The standard InChI is InChI=1S/C12H18N2O5S2/c1-13-20(16,17)10-2-4-11(5-3-10)21(18,19)14-8-12(9-15)6-7-12/h2-5,13-15H,6-9H2,1H3. The molecule has 7 nitrogen and oxygen atoms in total. The lowest BCUT2D eigenvalue weighted by molar-refractivity contribution is 0.213. The first kappa shape index (κ1) is 16.4. The number of hydrogen-bond donors (Lipinski definition) is 3. The van der Waals surface area contributed by atoms with E-state index in [9.17, 15) is 16.8 Å². The summed E-state index contributed by atoms with van der Waals surface area (Å²) in [5, 5.41) is 9.17. The summed E-state index contributed by atoms with van der Waals surface area (Å²) < 4.78 is 51.9. The molecule has 0 aliphatic heterocycles. The highest BCUT2D eigenvalue weighted by Gasteiger charge is 2.42. The smallest absolute Gasteiger partial charge is 0.240 e. The highest BCUT2D eigenvalue weighted by Crippen LogP contribution is 2.44. The summed E-state index contributed by atoms with van der Waals surface area (Å²) in [4.78, 5) is -0.00994. The second-order valence-corrected chi connectivity index (χ2v) is 8.82. The molecule has 1 aromatic carbocycles. The minimum Gasteiger partial charge on any atom is -0.396 e. The molecule has 0 unspecified atom stereocenters. The van der Waals surface area contributed by atoms with Crippen molar-refractivity contribution in [3.8, 4) is 0 Å². The Morgan fingerprint density at radius 2 is 1.52 bits per heavy atom. The van der Waals surface area contributed by atoms with Crippen molar-refractivity contribution in [1.82, 2.24) is 9.44 Å². The van der Waals surface area contributed by atoms with Crippen LogP contribution in [0.3, 0.4) is 0 Å². The third-order valence-corrected chi connectivity index (χ3v) is 6.49. The molecule has 1 fully saturated rings. The van der Waals surface area contributed by atoms with Gasteiger partial charge in [-0.3, -0.25) is 0 Å². The van der Waals surface area contributed by atoms with E-state index in [1.807, 2.05) is 0 Å². The Bertz CT molecular complexity index is 707. The van der Waals surface area contributed by atoms with Crippen LogP contribution in [-0.2, 0) is 20.0 Å². The van der Waals surface area contributed by atoms with Gasteiger partial charge in [-0.15, -0.1) is 0 Å². The Kier molecular flexibility index (Phi) is 4.41. The van der Waals surface area contributed by atoms with Gasteiger partial charge in [-0.1, -0.05) is 0 Å². The lowest BCUT2D eigenvalue weighted by atomic mass is 10.1. The second-order valence-electron chi connectivity index (χ2n) is 5.16. The van der Waals surface area contributed by atoms with Gasteiger partial charge in [0.15, 0.2) is 0 Å². The summed E-state index contributed by atoms with van der Waals surface area (Å²) in [6.45, 7) is 0.136. The van der Waals surface area contributed by atoms with Crippen LogP contribution in [0, 0.1) is 5.41 Å². The minimum absolute atomic E-state index is 0.00188. The van der Waals surface area contributed by atoms with Crippen LogP contribution in [0.1, 0.15) is 12.8 Å². The molecule has 0 saturated heterocycles. The Morgan fingerprint density at radius 3 is 1.90 bits per heavy atom. The zero-order valence-corrected chi connectivity index (χ0v) is 13.2. The number of rotatable bonds is 7. The number of hydrogen-bond acceptors (Lipinski definition) is 5. The molecule has 2 rings (SSSR count). The molecule has 0 bridgehead atoms. The fourth-order valence-electron chi connectivity index (χ4n) is 1.81. The zero-order valence-electron chi connectivity index (χ0n) is 11.5. The van der Waals surface area contributed by atoms with Gasteiger partial charge < -0.3 is 5.11 Å². The van der Waals surface area contributed by atoms with Crippen LogP contribution in [0.2, 0.25) is 0 Å². The van der Waals surface area contributed by atoms with Gasteiger partial charge in [0, 0.05) is 18.6 Å². The minimum atomic E-state index is -3.71. The summed E-state index contributed by atoms with van der Waals surface area (Å²) in [5.74, 6) is 0. The Hall–Kier alpha value is -1.00. The van der Waals surface area contributed by atoms with Gasteiger partial charge in [0.05, 0.1) is 9.79 Å². The largest absolute Gasteiger partial charge is 0.396 e. The van der Waals surface area contributed by atoms with E-state index in [1.54, 1.807) is 0 Å². The van der Waals surface area contributed by atoms with Gasteiger partial charge in [-0.05, 0) is 44.2 Å². The monoisotopic (exact) mass is 334 g/mol. The van der Waals surface area contributed by atoms with E-state index in [1.165, 1.54) is 31.3 Å². The topological polar surface area (TPSA) is 113 Å². The molecule has 1 aliphatic carbocycles. The van der Waals surface area contributed by atoms with E-state index in [-0.39, 0.29) is 28.4 Å². The maximum Gasteiger partial charge on any atom is 0.240 e. The van der Waals surface area contributed by atoms with Crippen LogP contribution in [0.15, 0.2) is 34.1 Å². The molecule has 118 valence electrons. The molecule has 3 N–H and O–H groups in total. The third-order valence-electron chi connectivity index (χ3n) is 3.64. The predicted octanol–water partition coefficient (Wildman–Crippen LogP) is -0.354. The van der Waals surface area contributed by atoms with E-state index >= 15 is 0 Å². The number of nitrogens with one attached hydrogen (secondary N) is 2. The fraction of sp³-hybridized carbons (Fsp3) is 0.500. The second kappa shape index (κ2) is 5.65. The van der Waals surface area contributed by atoms with Gasteiger partial charge in [0.2, 0.25) is 20.0 Å². The predicted molar refractivity (Wildman–Crippen MR) is 76.6 cm³/mol. The van der Waals surface area contributed by atoms with Crippen molar-refractivity contribution < 1.29 is 21.9 Å². The molecular formula is C12H18N2O5S2. The maximum absolute atomic E-state index is 12.1. The number of sulfonamides is 2. The van der Waals surface area contributed by atoms with Gasteiger partial charge in [0.25, 0.3) is 0 Å². The van der Waals surface area contributed by atoms with Crippen molar-refractivity contribution in [1.29, 1.82) is 0 Å². The quantitative estimate of drug-likeness (QED) is 0.631. The molecule has 0 spiro atoms. The number of aliphatic hydroxyl groups is 1. The van der Waals surface area contributed by atoms with E-state index in [0.717, 1.165) is 12.8 Å². The maximum atomic E-state index is 12.1. The summed E-state index contributed by atoms with van der Waals surface area (Å²) in [7, 11) is -6.01. The number of aliphatic hydroxyl groups excluding tert-OH is 1. The third kappa shape index (κ3) is 3.61. The van der Waals surface area contributed by atoms with Crippen molar-refractivity contribution >= 4 is 20.0 Å². The molecule has 9 heteroatoms. The van der Waals surface area contributed by atoms with Crippen molar-refractivity contribution in [2.45, 2.75) is 22.6 Å². The molecular weight excluding hydrogens is 316 g/mol. The first-order chi connectivity index (χ1) is 9.75. The lowest BCUT2D eigenvalue weighted by Gasteiger charge is -2.13. The van der Waals surface area contributed by atoms with E-state index in [0.29, 0.717) is 0 Å². The molecule has 0 amide bonds. The van der Waals surface area contributed by atoms with E-state index in [2.05, 4.69) is 9.44 Å². The highest BCUT2D eigenvalue weighted by molar-refractivity contribution is 7.90. The van der Waals surface area contributed by atoms with Crippen LogP contribution in [0.5, 0.6) is 0 Å².